The smallest absolute Gasteiger partial charge is 0.406 e. The molecule has 1 N–H and O–H groups in total. The highest BCUT2D eigenvalue weighted by Crippen LogP contribution is 2.36. The minimum absolute atomic E-state index is 0.0305. The lowest BCUT2D eigenvalue weighted by molar-refractivity contribution is -0.274. The summed E-state index contributed by atoms with van der Waals surface area (Å²) in [6.07, 6.45) is -8.74. The lowest BCUT2D eigenvalue weighted by Crippen LogP contribution is -2.16. The summed E-state index contributed by atoms with van der Waals surface area (Å²) in [6, 6.07) is 9.20. The van der Waals surface area contributed by atoms with Gasteiger partial charge in [-0.15, -0.1) is 13.2 Å². The summed E-state index contributed by atoms with van der Waals surface area (Å²) < 4.78 is 103. The van der Waals surface area contributed by atoms with Crippen molar-refractivity contribution in [2.45, 2.75) is 17.4 Å². The van der Waals surface area contributed by atoms with E-state index in [4.69, 9.17) is 0 Å². The fraction of sp³-hybridized carbons (Fsp3) is 0.167. The fourth-order valence-electron chi connectivity index (χ4n) is 2.61. The molecule has 12 heteroatoms. The maximum Gasteiger partial charge on any atom is 0.573 e. The molecule has 1 aromatic heterocycles. The minimum Gasteiger partial charge on any atom is -0.406 e. The minimum atomic E-state index is -4.91. The van der Waals surface area contributed by atoms with Gasteiger partial charge in [0.1, 0.15) is 5.75 Å². The van der Waals surface area contributed by atoms with Crippen LogP contribution in [0.4, 0.5) is 26.3 Å². The van der Waals surface area contributed by atoms with Crippen LogP contribution >= 0.6 is 0 Å². The van der Waals surface area contributed by atoms with Crippen LogP contribution in [0.25, 0.3) is 22.5 Å². The predicted molar refractivity (Wildman–Crippen MR) is 94.3 cm³/mol. The van der Waals surface area contributed by atoms with E-state index in [-0.39, 0.29) is 27.4 Å². The predicted octanol–water partition coefficient (Wildman–Crippen LogP) is 5.06. The van der Waals surface area contributed by atoms with Crippen LogP contribution in [0.5, 0.6) is 5.75 Å². The van der Waals surface area contributed by atoms with E-state index in [9.17, 15) is 34.8 Å². The van der Waals surface area contributed by atoms with Crippen molar-refractivity contribution in [1.82, 2.24) is 9.97 Å². The molecule has 0 aliphatic heterocycles. The third kappa shape index (κ3) is 4.93. The number of H-pyrrole nitrogens is 1. The summed E-state index contributed by atoms with van der Waals surface area (Å²) in [6.45, 7) is 0. The van der Waals surface area contributed by atoms with E-state index in [2.05, 4.69) is 14.7 Å². The Morgan fingerprint density at radius 1 is 0.867 bits per heavy atom. The van der Waals surface area contributed by atoms with Crippen LogP contribution in [0.3, 0.4) is 0 Å². The molecular weight excluding hydrogens is 438 g/mol. The van der Waals surface area contributed by atoms with E-state index in [1.807, 2.05) is 0 Å². The summed E-state index contributed by atoms with van der Waals surface area (Å²) in [4.78, 5) is 5.66. The number of aromatic nitrogens is 2. The zero-order chi connectivity index (χ0) is 22.3. The zero-order valence-corrected chi connectivity index (χ0v) is 15.8. The molecule has 0 aliphatic rings. The summed E-state index contributed by atoms with van der Waals surface area (Å²) in [5.41, 5.74) is 0.0503. The first-order valence-electron chi connectivity index (χ1n) is 8.08. The molecule has 1 heterocycles. The summed E-state index contributed by atoms with van der Waals surface area (Å²) in [5, 5.41) is 0. The first-order valence-corrected chi connectivity index (χ1v) is 9.97. The van der Waals surface area contributed by atoms with Crippen LogP contribution in [0.15, 0.2) is 53.4 Å². The van der Waals surface area contributed by atoms with Gasteiger partial charge in [0.25, 0.3) is 0 Å². The number of nitrogens with zero attached hydrogens (tertiary/aromatic N) is 1. The van der Waals surface area contributed by atoms with Crippen molar-refractivity contribution in [3.05, 3.63) is 54.4 Å². The van der Waals surface area contributed by atoms with Crippen molar-refractivity contribution in [2.24, 2.45) is 0 Å². The zero-order valence-electron chi connectivity index (χ0n) is 15.0. The van der Waals surface area contributed by atoms with Gasteiger partial charge in [-0.2, -0.15) is 13.2 Å². The lowest BCUT2D eigenvalue weighted by atomic mass is 10.1. The number of sulfone groups is 1. The van der Waals surface area contributed by atoms with Gasteiger partial charge < -0.3 is 9.72 Å². The molecule has 0 aliphatic carbocycles. The number of halogens is 6. The molecule has 0 saturated carbocycles. The largest absolute Gasteiger partial charge is 0.573 e. The Hall–Kier alpha value is -3.02. The molecule has 160 valence electrons. The number of imidazole rings is 1. The van der Waals surface area contributed by atoms with Crippen LogP contribution < -0.4 is 4.74 Å². The van der Waals surface area contributed by atoms with Crippen molar-refractivity contribution in [3.63, 3.8) is 0 Å². The SMILES string of the molecule is CS(=O)(=O)c1ccc(-c2[nH]c(C(F)(F)F)nc2-c2ccc(OC(F)(F)F)cc2)cc1. The quantitative estimate of drug-likeness (QED) is 0.564. The van der Waals surface area contributed by atoms with Crippen LogP contribution in [-0.4, -0.2) is 31.0 Å². The average molecular weight is 450 g/mol. The second-order valence-electron chi connectivity index (χ2n) is 6.18. The van der Waals surface area contributed by atoms with Crippen molar-refractivity contribution < 1.29 is 39.5 Å². The maximum absolute atomic E-state index is 13.2. The summed E-state index contributed by atoms with van der Waals surface area (Å²) in [7, 11) is -3.51. The van der Waals surface area contributed by atoms with Crippen molar-refractivity contribution >= 4 is 9.84 Å². The third-order valence-electron chi connectivity index (χ3n) is 3.90. The van der Waals surface area contributed by atoms with Gasteiger partial charge in [-0.25, -0.2) is 13.4 Å². The van der Waals surface area contributed by atoms with E-state index in [0.29, 0.717) is 0 Å². The molecule has 0 radical (unpaired) electrons. The summed E-state index contributed by atoms with van der Waals surface area (Å²) in [5.74, 6) is -1.85. The maximum atomic E-state index is 13.2. The molecule has 2 aromatic carbocycles. The lowest BCUT2D eigenvalue weighted by Gasteiger charge is -2.09. The Bertz CT molecular complexity index is 1150. The fourth-order valence-corrected chi connectivity index (χ4v) is 3.24. The number of nitrogens with one attached hydrogen (secondary N) is 1. The van der Waals surface area contributed by atoms with Crippen molar-refractivity contribution in [1.29, 1.82) is 0 Å². The van der Waals surface area contributed by atoms with Crippen LogP contribution in [-0.2, 0) is 16.0 Å². The second-order valence-corrected chi connectivity index (χ2v) is 8.19. The molecule has 0 fully saturated rings. The van der Waals surface area contributed by atoms with Gasteiger partial charge in [-0.05, 0) is 36.4 Å². The normalized spacial score (nSPS) is 12.8. The monoisotopic (exact) mass is 450 g/mol. The molecule has 0 spiro atoms. The van der Waals surface area contributed by atoms with Crippen LogP contribution in [0, 0.1) is 0 Å². The number of aromatic amines is 1. The Morgan fingerprint density at radius 2 is 1.40 bits per heavy atom. The Morgan fingerprint density at radius 3 is 1.87 bits per heavy atom. The standard InChI is InChI=1S/C18H12F6N2O3S/c1-30(27,28)13-8-4-11(5-9-13)15-14(25-16(26-15)17(19,20)21)10-2-6-12(7-3-10)29-18(22,23)24/h2-9H,1H3,(H,25,26). The molecule has 0 saturated heterocycles. The Labute approximate surface area is 166 Å². The van der Waals surface area contributed by atoms with Gasteiger partial charge >= 0.3 is 12.5 Å². The number of hydrogen-bond donors (Lipinski definition) is 1. The van der Waals surface area contributed by atoms with E-state index in [1.54, 1.807) is 0 Å². The third-order valence-corrected chi connectivity index (χ3v) is 5.03. The number of hydrogen-bond acceptors (Lipinski definition) is 4. The van der Waals surface area contributed by atoms with Gasteiger partial charge in [0.15, 0.2) is 9.84 Å². The van der Waals surface area contributed by atoms with Gasteiger partial charge in [0.2, 0.25) is 5.82 Å². The van der Waals surface area contributed by atoms with Crippen molar-refractivity contribution in [3.8, 4) is 28.3 Å². The highest BCUT2D eigenvalue weighted by Gasteiger charge is 2.36. The van der Waals surface area contributed by atoms with Gasteiger partial charge in [0, 0.05) is 17.4 Å². The number of ether oxygens (including phenoxy) is 1. The van der Waals surface area contributed by atoms with Crippen LogP contribution in [0.2, 0.25) is 0 Å². The molecule has 0 amide bonds. The number of benzene rings is 2. The molecule has 0 unspecified atom stereocenters. The first kappa shape index (κ1) is 21.7. The molecule has 5 nitrogen and oxygen atoms in total. The number of rotatable bonds is 4. The van der Waals surface area contributed by atoms with Gasteiger partial charge in [-0.3, -0.25) is 0 Å². The molecular formula is C18H12F6N2O3S. The molecule has 0 atom stereocenters. The molecule has 0 bridgehead atoms. The first-order chi connectivity index (χ1) is 13.7. The van der Waals surface area contributed by atoms with Gasteiger partial charge in [0.05, 0.1) is 16.3 Å². The summed E-state index contributed by atoms with van der Waals surface area (Å²) >= 11 is 0. The topological polar surface area (TPSA) is 72.0 Å². The Kier molecular flexibility index (Phi) is 5.31. The van der Waals surface area contributed by atoms with Crippen LogP contribution in [0.1, 0.15) is 5.82 Å². The highest BCUT2D eigenvalue weighted by atomic mass is 32.2. The number of alkyl halides is 6. The second kappa shape index (κ2) is 7.35. The van der Waals surface area contributed by atoms with Gasteiger partial charge in [-0.1, -0.05) is 12.1 Å². The van der Waals surface area contributed by atoms with E-state index < -0.39 is 33.9 Å². The highest BCUT2D eigenvalue weighted by molar-refractivity contribution is 7.90. The van der Waals surface area contributed by atoms with Crippen molar-refractivity contribution in [2.75, 3.05) is 6.26 Å². The van der Waals surface area contributed by atoms with E-state index in [1.165, 1.54) is 24.3 Å². The van der Waals surface area contributed by atoms with E-state index >= 15 is 0 Å². The molecule has 3 rings (SSSR count). The average Bonchev–Trinajstić information content (AvgIpc) is 3.06. The molecule has 3 aromatic rings. The Balaban J connectivity index is 2.07. The molecule has 30 heavy (non-hydrogen) atoms. The van der Waals surface area contributed by atoms with E-state index in [0.717, 1.165) is 30.5 Å².